The van der Waals surface area contributed by atoms with Crippen molar-refractivity contribution in [3.8, 4) is 10.6 Å². The standard InChI is InChI=1S/C17H18N4O2S2/c1-3-11-12(15(22)21-20-13(11)4-2)7-18-16(23)14-8-19-17(25-14)10-5-6-24-9-10/h5-6,8-9H,3-4,7H2,1-2H3,(H,18,23)(H,21,22). The molecule has 3 aromatic rings. The second-order valence-electron chi connectivity index (χ2n) is 5.39. The second kappa shape index (κ2) is 7.71. The average Bonchev–Trinajstić information content (AvgIpc) is 3.31. The van der Waals surface area contributed by atoms with E-state index in [4.69, 9.17) is 0 Å². The maximum atomic E-state index is 12.4. The van der Waals surface area contributed by atoms with Crippen LogP contribution in [-0.2, 0) is 19.4 Å². The summed E-state index contributed by atoms with van der Waals surface area (Å²) in [6, 6.07) is 1.97. The van der Waals surface area contributed by atoms with E-state index in [0.29, 0.717) is 16.9 Å². The highest BCUT2D eigenvalue weighted by atomic mass is 32.1. The van der Waals surface area contributed by atoms with Crippen LogP contribution in [-0.4, -0.2) is 21.1 Å². The molecule has 0 aliphatic rings. The number of aryl methyl sites for hydroxylation is 1. The number of nitrogens with zero attached hydrogens (tertiary/aromatic N) is 2. The molecule has 2 N–H and O–H groups in total. The molecule has 1 amide bonds. The van der Waals surface area contributed by atoms with Crippen molar-refractivity contribution in [1.29, 1.82) is 0 Å². The molecule has 0 bridgehead atoms. The number of amides is 1. The van der Waals surface area contributed by atoms with Gasteiger partial charge in [0.25, 0.3) is 11.5 Å². The van der Waals surface area contributed by atoms with Crippen molar-refractivity contribution in [2.24, 2.45) is 0 Å². The maximum absolute atomic E-state index is 12.4. The summed E-state index contributed by atoms with van der Waals surface area (Å²) >= 11 is 2.93. The van der Waals surface area contributed by atoms with Gasteiger partial charge in [-0.15, -0.1) is 11.3 Å². The van der Waals surface area contributed by atoms with E-state index < -0.39 is 0 Å². The first-order chi connectivity index (χ1) is 12.1. The smallest absolute Gasteiger partial charge is 0.269 e. The highest BCUT2D eigenvalue weighted by Crippen LogP contribution is 2.26. The van der Waals surface area contributed by atoms with Crippen molar-refractivity contribution in [2.45, 2.75) is 33.2 Å². The van der Waals surface area contributed by atoms with Gasteiger partial charge >= 0.3 is 0 Å². The van der Waals surface area contributed by atoms with Crippen LogP contribution in [0.2, 0.25) is 0 Å². The Morgan fingerprint density at radius 3 is 2.80 bits per heavy atom. The molecular weight excluding hydrogens is 356 g/mol. The van der Waals surface area contributed by atoms with Gasteiger partial charge in [-0.2, -0.15) is 16.4 Å². The summed E-state index contributed by atoms with van der Waals surface area (Å²) in [5, 5.41) is 14.2. The molecule has 8 heteroatoms. The topological polar surface area (TPSA) is 87.7 Å². The molecule has 0 aliphatic carbocycles. The number of hydrogen-bond acceptors (Lipinski definition) is 6. The quantitative estimate of drug-likeness (QED) is 0.694. The molecule has 3 aromatic heterocycles. The second-order valence-corrected chi connectivity index (χ2v) is 7.20. The van der Waals surface area contributed by atoms with E-state index in [1.165, 1.54) is 11.3 Å². The molecule has 3 heterocycles. The van der Waals surface area contributed by atoms with Crippen molar-refractivity contribution >= 4 is 28.6 Å². The van der Waals surface area contributed by atoms with Crippen molar-refractivity contribution in [1.82, 2.24) is 20.5 Å². The zero-order chi connectivity index (χ0) is 17.8. The van der Waals surface area contributed by atoms with Gasteiger partial charge in [0.1, 0.15) is 9.88 Å². The van der Waals surface area contributed by atoms with Crippen LogP contribution in [0.4, 0.5) is 0 Å². The lowest BCUT2D eigenvalue weighted by molar-refractivity contribution is 0.0954. The summed E-state index contributed by atoms with van der Waals surface area (Å²) < 4.78 is 0. The van der Waals surface area contributed by atoms with Gasteiger partial charge in [-0.05, 0) is 29.9 Å². The van der Waals surface area contributed by atoms with E-state index in [9.17, 15) is 9.59 Å². The molecule has 0 aromatic carbocycles. The predicted octanol–water partition coefficient (Wildman–Crippen LogP) is 3.01. The van der Waals surface area contributed by atoms with Crippen LogP contribution in [0.25, 0.3) is 10.6 Å². The third-order valence-electron chi connectivity index (χ3n) is 3.89. The van der Waals surface area contributed by atoms with E-state index in [1.54, 1.807) is 17.5 Å². The van der Waals surface area contributed by atoms with Crippen LogP contribution in [0.15, 0.2) is 27.8 Å². The number of rotatable bonds is 6. The van der Waals surface area contributed by atoms with E-state index in [2.05, 4.69) is 20.5 Å². The maximum Gasteiger partial charge on any atom is 0.269 e. The van der Waals surface area contributed by atoms with Crippen LogP contribution >= 0.6 is 22.7 Å². The van der Waals surface area contributed by atoms with Crippen LogP contribution in [0.5, 0.6) is 0 Å². The third kappa shape index (κ3) is 3.69. The van der Waals surface area contributed by atoms with Gasteiger partial charge in [0, 0.05) is 23.1 Å². The summed E-state index contributed by atoms with van der Waals surface area (Å²) in [6.07, 6.45) is 3.01. The zero-order valence-electron chi connectivity index (χ0n) is 14.0. The number of nitrogens with one attached hydrogen (secondary N) is 2. The molecule has 0 radical (unpaired) electrons. The highest BCUT2D eigenvalue weighted by Gasteiger charge is 2.15. The molecule has 0 aliphatic heterocycles. The number of carbonyl (C=O) groups is 1. The van der Waals surface area contributed by atoms with E-state index in [1.807, 2.05) is 30.7 Å². The molecule has 0 unspecified atom stereocenters. The Labute approximate surface area is 153 Å². The first kappa shape index (κ1) is 17.5. The normalized spacial score (nSPS) is 10.8. The molecular formula is C17H18N4O2S2. The minimum absolute atomic E-state index is 0.179. The monoisotopic (exact) mass is 374 g/mol. The molecule has 130 valence electrons. The Bertz CT molecular complexity index is 929. The van der Waals surface area contributed by atoms with Crippen molar-refractivity contribution in [3.63, 3.8) is 0 Å². The fraction of sp³-hybridized carbons (Fsp3) is 0.294. The summed E-state index contributed by atoms with van der Waals surface area (Å²) in [6.45, 7) is 4.15. The number of thiophene rings is 1. The third-order valence-corrected chi connectivity index (χ3v) is 5.62. The lowest BCUT2D eigenvalue weighted by atomic mass is 10.0. The number of carbonyl (C=O) groups excluding carboxylic acids is 1. The zero-order valence-corrected chi connectivity index (χ0v) is 15.6. The van der Waals surface area contributed by atoms with Crippen LogP contribution in [0.1, 0.15) is 40.3 Å². The fourth-order valence-electron chi connectivity index (χ4n) is 2.62. The lowest BCUT2D eigenvalue weighted by Gasteiger charge is -2.10. The van der Waals surface area contributed by atoms with Gasteiger partial charge in [-0.3, -0.25) is 9.59 Å². The van der Waals surface area contributed by atoms with Crippen LogP contribution in [0, 0.1) is 0 Å². The molecule has 0 fully saturated rings. The van der Waals surface area contributed by atoms with Gasteiger partial charge in [-0.1, -0.05) is 13.8 Å². The molecule has 0 saturated heterocycles. The molecule has 0 spiro atoms. The number of hydrogen-bond donors (Lipinski definition) is 2. The first-order valence-corrected chi connectivity index (χ1v) is 9.75. The Morgan fingerprint density at radius 2 is 2.12 bits per heavy atom. The Hall–Kier alpha value is -2.32. The minimum Gasteiger partial charge on any atom is -0.347 e. The molecule has 6 nitrogen and oxygen atoms in total. The largest absolute Gasteiger partial charge is 0.347 e. The van der Waals surface area contributed by atoms with E-state index in [0.717, 1.165) is 28.2 Å². The van der Waals surface area contributed by atoms with Gasteiger partial charge < -0.3 is 5.32 Å². The van der Waals surface area contributed by atoms with Crippen LogP contribution in [0.3, 0.4) is 0 Å². The number of H-pyrrole nitrogens is 1. The SMILES string of the molecule is CCc1n[nH]c(=O)c(CNC(=O)c2cnc(-c3ccsc3)s2)c1CC. The number of aromatic nitrogens is 3. The summed E-state index contributed by atoms with van der Waals surface area (Å²) in [7, 11) is 0. The van der Waals surface area contributed by atoms with E-state index in [-0.39, 0.29) is 18.0 Å². The van der Waals surface area contributed by atoms with Crippen molar-refractivity contribution < 1.29 is 4.79 Å². The van der Waals surface area contributed by atoms with Crippen LogP contribution < -0.4 is 10.9 Å². The molecule has 3 rings (SSSR count). The average molecular weight is 374 g/mol. The Kier molecular flexibility index (Phi) is 5.40. The van der Waals surface area contributed by atoms with Gasteiger partial charge in [0.15, 0.2) is 0 Å². The molecule has 25 heavy (non-hydrogen) atoms. The van der Waals surface area contributed by atoms with Gasteiger partial charge in [0.05, 0.1) is 11.9 Å². The Balaban J connectivity index is 1.76. The molecule has 0 atom stereocenters. The molecule has 0 saturated carbocycles. The predicted molar refractivity (Wildman–Crippen MR) is 100 cm³/mol. The minimum atomic E-state index is -0.252. The lowest BCUT2D eigenvalue weighted by Crippen LogP contribution is -2.29. The van der Waals surface area contributed by atoms with Crippen molar-refractivity contribution in [2.75, 3.05) is 0 Å². The van der Waals surface area contributed by atoms with Gasteiger partial charge in [-0.25, -0.2) is 10.1 Å². The highest BCUT2D eigenvalue weighted by molar-refractivity contribution is 7.17. The number of aromatic amines is 1. The van der Waals surface area contributed by atoms with Gasteiger partial charge in [0.2, 0.25) is 0 Å². The van der Waals surface area contributed by atoms with Crippen molar-refractivity contribution in [3.05, 3.63) is 55.1 Å². The summed E-state index contributed by atoms with van der Waals surface area (Å²) in [5.41, 5.74) is 3.11. The van der Waals surface area contributed by atoms with E-state index >= 15 is 0 Å². The first-order valence-electron chi connectivity index (χ1n) is 7.99. The summed E-state index contributed by atoms with van der Waals surface area (Å²) in [5.74, 6) is -0.227. The summed E-state index contributed by atoms with van der Waals surface area (Å²) in [4.78, 5) is 29.3. The number of thiazole rings is 1. The Morgan fingerprint density at radius 1 is 1.28 bits per heavy atom. The fourth-order valence-corrected chi connectivity index (χ4v) is 4.16.